The summed E-state index contributed by atoms with van der Waals surface area (Å²) in [6.07, 6.45) is 12.4. The predicted octanol–water partition coefficient (Wildman–Crippen LogP) is 2.75. The number of urea groups is 1. The summed E-state index contributed by atoms with van der Waals surface area (Å²) in [5, 5.41) is 3.35. The van der Waals surface area contributed by atoms with Gasteiger partial charge in [-0.3, -0.25) is 0 Å². The van der Waals surface area contributed by atoms with Gasteiger partial charge in [0, 0.05) is 44.4 Å². The van der Waals surface area contributed by atoms with Crippen molar-refractivity contribution in [2.75, 3.05) is 26.2 Å². The molecule has 5 nitrogen and oxygen atoms in total. The first-order chi connectivity index (χ1) is 11.8. The van der Waals surface area contributed by atoms with Crippen LogP contribution in [0.1, 0.15) is 64.2 Å². The number of rotatable bonds is 5. The van der Waals surface area contributed by atoms with Crippen molar-refractivity contribution in [2.45, 2.75) is 88.4 Å². The summed E-state index contributed by atoms with van der Waals surface area (Å²) in [6.45, 7) is 3.97. The monoisotopic (exact) mass is 335 g/mol. The maximum Gasteiger partial charge on any atom is 0.317 e. The Morgan fingerprint density at radius 2 is 1.75 bits per heavy atom. The summed E-state index contributed by atoms with van der Waals surface area (Å²) in [7, 11) is 0. The first-order valence-corrected chi connectivity index (χ1v) is 10.2. The van der Waals surface area contributed by atoms with E-state index in [9.17, 15) is 4.79 Å². The van der Waals surface area contributed by atoms with Crippen LogP contribution in [0.4, 0.5) is 4.79 Å². The van der Waals surface area contributed by atoms with Crippen LogP contribution in [0.3, 0.4) is 0 Å². The fourth-order valence-electron chi connectivity index (χ4n) is 4.73. The van der Waals surface area contributed by atoms with Crippen molar-refractivity contribution >= 4 is 6.03 Å². The first kappa shape index (κ1) is 16.6. The second kappa shape index (κ2) is 7.61. The van der Waals surface area contributed by atoms with E-state index in [0.717, 1.165) is 58.0 Å². The molecule has 4 fully saturated rings. The van der Waals surface area contributed by atoms with Crippen molar-refractivity contribution < 1.29 is 9.53 Å². The van der Waals surface area contributed by atoms with Crippen molar-refractivity contribution in [1.82, 2.24) is 15.1 Å². The van der Waals surface area contributed by atoms with E-state index in [-0.39, 0.29) is 12.1 Å². The lowest BCUT2D eigenvalue weighted by molar-refractivity contribution is 0.0682. The number of nitrogens with one attached hydrogen (secondary N) is 1. The van der Waals surface area contributed by atoms with E-state index < -0.39 is 0 Å². The SMILES string of the molecule is O=C(NC1CCN(C2CC2)CC1)N(C[C@H]1CCCO1)C1CCCC1. The van der Waals surface area contributed by atoms with Gasteiger partial charge < -0.3 is 19.9 Å². The molecule has 4 rings (SSSR count). The number of nitrogens with zero attached hydrogens (tertiary/aromatic N) is 2. The molecule has 2 amide bonds. The molecule has 0 aromatic carbocycles. The Hall–Kier alpha value is -0.810. The van der Waals surface area contributed by atoms with Gasteiger partial charge in [-0.25, -0.2) is 4.79 Å². The lowest BCUT2D eigenvalue weighted by Crippen LogP contribution is -2.53. The van der Waals surface area contributed by atoms with E-state index in [0.29, 0.717) is 12.1 Å². The van der Waals surface area contributed by atoms with Gasteiger partial charge >= 0.3 is 6.03 Å². The van der Waals surface area contributed by atoms with Crippen molar-refractivity contribution in [1.29, 1.82) is 0 Å². The zero-order valence-electron chi connectivity index (χ0n) is 14.9. The highest BCUT2D eigenvalue weighted by atomic mass is 16.5. The Morgan fingerprint density at radius 3 is 2.38 bits per heavy atom. The molecule has 136 valence electrons. The van der Waals surface area contributed by atoms with Gasteiger partial charge in [0.15, 0.2) is 0 Å². The van der Waals surface area contributed by atoms with Gasteiger partial charge in [-0.1, -0.05) is 12.8 Å². The van der Waals surface area contributed by atoms with Crippen molar-refractivity contribution in [3.05, 3.63) is 0 Å². The van der Waals surface area contributed by atoms with Crippen LogP contribution < -0.4 is 5.32 Å². The molecule has 24 heavy (non-hydrogen) atoms. The predicted molar refractivity (Wildman–Crippen MR) is 94.1 cm³/mol. The van der Waals surface area contributed by atoms with Gasteiger partial charge in [-0.05, 0) is 51.4 Å². The summed E-state index contributed by atoms with van der Waals surface area (Å²) >= 11 is 0. The van der Waals surface area contributed by atoms with E-state index in [2.05, 4.69) is 15.1 Å². The molecular formula is C19H33N3O2. The van der Waals surface area contributed by atoms with E-state index >= 15 is 0 Å². The van der Waals surface area contributed by atoms with Crippen LogP contribution in [-0.4, -0.2) is 66.3 Å². The lowest BCUT2D eigenvalue weighted by atomic mass is 10.0. The topological polar surface area (TPSA) is 44.8 Å². The third kappa shape index (κ3) is 4.05. The normalized spacial score (nSPS) is 29.9. The minimum Gasteiger partial charge on any atom is -0.376 e. The number of piperidine rings is 1. The van der Waals surface area contributed by atoms with Crippen LogP contribution in [0.15, 0.2) is 0 Å². The zero-order chi connectivity index (χ0) is 16.4. The molecular weight excluding hydrogens is 302 g/mol. The second-order valence-corrected chi connectivity index (χ2v) is 8.22. The summed E-state index contributed by atoms with van der Waals surface area (Å²) in [4.78, 5) is 17.7. The molecule has 2 heterocycles. The van der Waals surface area contributed by atoms with E-state index in [1.165, 1.54) is 38.5 Å². The molecule has 1 atom stereocenters. The van der Waals surface area contributed by atoms with Gasteiger partial charge in [0.2, 0.25) is 0 Å². The Kier molecular flexibility index (Phi) is 5.28. The molecule has 2 saturated heterocycles. The highest BCUT2D eigenvalue weighted by molar-refractivity contribution is 5.75. The number of hydrogen-bond donors (Lipinski definition) is 1. The smallest absolute Gasteiger partial charge is 0.317 e. The van der Waals surface area contributed by atoms with Crippen LogP contribution in [0.2, 0.25) is 0 Å². The number of hydrogen-bond acceptors (Lipinski definition) is 3. The number of ether oxygens (including phenoxy) is 1. The minimum atomic E-state index is 0.169. The number of likely N-dealkylation sites (tertiary alicyclic amines) is 1. The van der Waals surface area contributed by atoms with Crippen LogP contribution in [0.5, 0.6) is 0 Å². The Bertz CT molecular complexity index is 420. The third-order valence-electron chi connectivity index (χ3n) is 6.37. The van der Waals surface area contributed by atoms with Gasteiger partial charge in [0.25, 0.3) is 0 Å². The Balaban J connectivity index is 1.30. The second-order valence-electron chi connectivity index (χ2n) is 8.22. The molecule has 0 aromatic heterocycles. The van der Waals surface area contributed by atoms with Gasteiger partial charge in [0.1, 0.15) is 0 Å². The third-order valence-corrected chi connectivity index (χ3v) is 6.37. The molecule has 0 spiro atoms. The fraction of sp³-hybridized carbons (Fsp3) is 0.947. The number of carbonyl (C=O) groups is 1. The van der Waals surface area contributed by atoms with Crippen LogP contribution in [0.25, 0.3) is 0 Å². The summed E-state index contributed by atoms with van der Waals surface area (Å²) in [5.41, 5.74) is 0. The Labute approximate surface area is 146 Å². The Morgan fingerprint density at radius 1 is 1.00 bits per heavy atom. The molecule has 2 aliphatic carbocycles. The van der Waals surface area contributed by atoms with Crippen LogP contribution >= 0.6 is 0 Å². The molecule has 2 aliphatic heterocycles. The maximum absolute atomic E-state index is 13.0. The molecule has 1 N–H and O–H groups in total. The standard InChI is InChI=1S/C19H33N3O2/c23-19(20-15-9-11-21(12-10-15)16-7-8-16)22(17-4-1-2-5-17)14-18-6-3-13-24-18/h15-18H,1-14H2,(H,20,23)/t18-/m1/s1. The minimum absolute atomic E-state index is 0.169. The van der Waals surface area contributed by atoms with E-state index in [4.69, 9.17) is 4.74 Å². The van der Waals surface area contributed by atoms with Crippen molar-refractivity contribution in [3.63, 3.8) is 0 Å². The van der Waals surface area contributed by atoms with Gasteiger partial charge in [-0.2, -0.15) is 0 Å². The number of carbonyl (C=O) groups excluding carboxylic acids is 1. The average molecular weight is 335 g/mol. The van der Waals surface area contributed by atoms with Crippen molar-refractivity contribution in [3.8, 4) is 0 Å². The fourth-order valence-corrected chi connectivity index (χ4v) is 4.73. The number of amides is 2. The molecule has 0 radical (unpaired) electrons. The first-order valence-electron chi connectivity index (χ1n) is 10.2. The molecule has 5 heteroatoms. The summed E-state index contributed by atoms with van der Waals surface area (Å²) in [5.74, 6) is 0. The van der Waals surface area contributed by atoms with Crippen LogP contribution in [-0.2, 0) is 4.74 Å². The largest absolute Gasteiger partial charge is 0.376 e. The quantitative estimate of drug-likeness (QED) is 0.840. The van der Waals surface area contributed by atoms with Gasteiger partial charge in [0.05, 0.1) is 6.10 Å². The van der Waals surface area contributed by atoms with Crippen molar-refractivity contribution in [2.24, 2.45) is 0 Å². The average Bonchev–Trinajstić information content (AvgIpc) is 3.08. The van der Waals surface area contributed by atoms with Crippen LogP contribution in [0, 0.1) is 0 Å². The maximum atomic E-state index is 13.0. The van der Waals surface area contributed by atoms with E-state index in [1.807, 2.05) is 0 Å². The molecule has 0 bridgehead atoms. The highest BCUT2D eigenvalue weighted by Crippen LogP contribution is 2.30. The van der Waals surface area contributed by atoms with Gasteiger partial charge in [-0.15, -0.1) is 0 Å². The molecule has 0 unspecified atom stereocenters. The lowest BCUT2D eigenvalue weighted by Gasteiger charge is -2.36. The highest BCUT2D eigenvalue weighted by Gasteiger charge is 2.34. The summed E-state index contributed by atoms with van der Waals surface area (Å²) < 4.78 is 5.80. The molecule has 2 saturated carbocycles. The molecule has 0 aromatic rings. The molecule has 4 aliphatic rings. The van der Waals surface area contributed by atoms with E-state index in [1.54, 1.807) is 0 Å². The summed E-state index contributed by atoms with van der Waals surface area (Å²) in [6, 6.07) is 1.82. The zero-order valence-corrected chi connectivity index (χ0v) is 14.9.